The molecule has 2 heterocycles. The summed E-state index contributed by atoms with van der Waals surface area (Å²) in [5, 5.41) is 70.4. The Kier molecular flexibility index (Phi) is 19.7. The van der Waals surface area contributed by atoms with Gasteiger partial charge >= 0.3 is 11.9 Å². The topological polar surface area (TPSA) is 222 Å². The third kappa shape index (κ3) is 14.4. The number of esters is 1. The summed E-state index contributed by atoms with van der Waals surface area (Å²) in [7, 11) is 0. The van der Waals surface area contributed by atoms with Gasteiger partial charge in [0.25, 0.3) is 0 Å². The van der Waals surface area contributed by atoms with Crippen LogP contribution in [0.4, 0.5) is 0 Å². The van der Waals surface area contributed by atoms with Crippen LogP contribution in [0.1, 0.15) is 84.0 Å². The van der Waals surface area contributed by atoms with Crippen LogP contribution in [0.3, 0.4) is 0 Å². The summed E-state index contributed by atoms with van der Waals surface area (Å²) >= 11 is 0. The molecule has 266 valence electrons. The van der Waals surface area contributed by atoms with E-state index in [-0.39, 0.29) is 13.0 Å². The molecule has 0 aromatic heterocycles. The van der Waals surface area contributed by atoms with E-state index < -0.39 is 86.6 Å². The summed E-state index contributed by atoms with van der Waals surface area (Å²) < 4.78 is 27.5. The zero-order valence-corrected chi connectivity index (χ0v) is 26.7. The first-order valence-corrected chi connectivity index (χ1v) is 16.3. The number of aliphatic hydroxyl groups excluding tert-OH is 6. The highest BCUT2D eigenvalue weighted by Gasteiger charge is 2.51. The summed E-state index contributed by atoms with van der Waals surface area (Å²) in [6, 6.07) is 0. The fourth-order valence-electron chi connectivity index (χ4n) is 5.17. The second-order valence-corrected chi connectivity index (χ2v) is 11.7. The van der Waals surface area contributed by atoms with Gasteiger partial charge in [0.05, 0.1) is 6.61 Å². The van der Waals surface area contributed by atoms with Crippen LogP contribution < -0.4 is 0 Å². The Bertz CT molecular complexity index is 913. The number of carbonyl (C=O) groups excluding carboxylic acids is 1. The third-order valence-corrected chi connectivity index (χ3v) is 7.90. The van der Waals surface area contributed by atoms with E-state index in [2.05, 4.69) is 24.3 Å². The van der Waals surface area contributed by atoms with Gasteiger partial charge in [-0.1, -0.05) is 50.0 Å². The Morgan fingerprint density at radius 3 is 1.91 bits per heavy atom. The van der Waals surface area contributed by atoms with Crippen molar-refractivity contribution in [3.05, 3.63) is 24.3 Å². The number of rotatable bonds is 22. The zero-order valence-electron chi connectivity index (χ0n) is 26.7. The van der Waals surface area contributed by atoms with Crippen molar-refractivity contribution in [2.45, 2.75) is 145 Å². The average Bonchev–Trinajstić information content (AvgIpc) is 3.02. The van der Waals surface area contributed by atoms with Gasteiger partial charge < -0.3 is 59.4 Å². The second kappa shape index (κ2) is 22.6. The van der Waals surface area contributed by atoms with Gasteiger partial charge in [-0.25, -0.2) is 0 Å². The number of ether oxygens (including phenoxy) is 5. The average molecular weight is 663 g/mol. The number of unbranched alkanes of at least 4 members (excludes halogenated alkanes) is 8. The van der Waals surface area contributed by atoms with Crippen LogP contribution in [-0.4, -0.2) is 129 Å². The Labute approximate surface area is 270 Å². The maximum atomic E-state index is 11.2. The lowest BCUT2D eigenvalue weighted by Gasteiger charge is -2.46. The van der Waals surface area contributed by atoms with E-state index >= 15 is 0 Å². The number of carbonyl (C=O) groups is 2. The van der Waals surface area contributed by atoms with Crippen molar-refractivity contribution < 1.29 is 69.0 Å². The molecule has 2 saturated heterocycles. The van der Waals surface area contributed by atoms with Gasteiger partial charge in [-0.05, 0) is 44.9 Å². The molecule has 2 rings (SSSR count). The molecule has 0 saturated carbocycles. The molecule has 2 aliphatic heterocycles. The molecule has 14 heteroatoms. The standard InChI is InChI=1S/C32H54O14/c1-21(34)43-20-23-26(38)27(39)29(41)31(45-23)46-30-28(40)25(37)22(19-33)44-32(30)42-18-16-14-12-10-8-6-4-2-3-5-7-9-11-13-15-17-24(35)36/h2-3,6,8,22-23,25-33,37-41H,4-5,7,9-20H2,1H3,(H,35,36)/b3-2-,8-6-/t22-,23-,25-,26-,27+,28+,29-,30-,31+,32-/m1/s1. The number of allylic oxidation sites excluding steroid dienone is 4. The van der Waals surface area contributed by atoms with Crippen molar-refractivity contribution in [3.63, 3.8) is 0 Å². The van der Waals surface area contributed by atoms with Crippen molar-refractivity contribution in [1.82, 2.24) is 0 Å². The van der Waals surface area contributed by atoms with Crippen molar-refractivity contribution in [2.24, 2.45) is 0 Å². The van der Waals surface area contributed by atoms with E-state index in [1.54, 1.807) is 0 Å². The van der Waals surface area contributed by atoms with Gasteiger partial charge in [0, 0.05) is 20.0 Å². The number of carboxylic acid groups (broad SMARTS) is 1. The molecule has 7 N–H and O–H groups in total. The van der Waals surface area contributed by atoms with Crippen molar-refractivity contribution >= 4 is 11.9 Å². The van der Waals surface area contributed by atoms with E-state index in [0.29, 0.717) is 6.42 Å². The van der Waals surface area contributed by atoms with Gasteiger partial charge in [0.1, 0.15) is 55.4 Å². The maximum absolute atomic E-state index is 11.2. The molecule has 0 aromatic carbocycles. The maximum Gasteiger partial charge on any atom is 0.303 e. The Balaban J connectivity index is 1.72. The summed E-state index contributed by atoms with van der Waals surface area (Å²) in [5.41, 5.74) is 0. The normalized spacial score (nSPS) is 31.9. The first kappa shape index (κ1) is 40.2. The summed E-state index contributed by atoms with van der Waals surface area (Å²) in [6.07, 6.45) is 4.12. The summed E-state index contributed by atoms with van der Waals surface area (Å²) in [5.74, 6) is -1.38. The molecule has 0 amide bonds. The molecule has 0 bridgehead atoms. The summed E-state index contributed by atoms with van der Waals surface area (Å²) in [4.78, 5) is 21.7. The van der Waals surface area contributed by atoms with E-state index in [4.69, 9.17) is 28.8 Å². The van der Waals surface area contributed by atoms with Crippen molar-refractivity contribution in [3.8, 4) is 0 Å². The molecular formula is C32H54O14. The molecule has 0 unspecified atom stereocenters. The van der Waals surface area contributed by atoms with E-state index in [1.807, 2.05) is 0 Å². The highest BCUT2D eigenvalue weighted by Crippen LogP contribution is 2.30. The lowest BCUT2D eigenvalue weighted by atomic mass is 9.97. The van der Waals surface area contributed by atoms with Crippen LogP contribution in [0, 0.1) is 0 Å². The van der Waals surface area contributed by atoms with Crippen LogP contribution in [-0.2, 0) is 33.3 Å². The van der Waals surface area contributed by atoms with E-state index in [0.717, 1.165) is 71.1 Å². The first-order chi connectivity index (χ1) is 22.1. The van der Waals surface area contributed by atoms with Crippen LogP contribution >= 0.6 is 0 Å². The van der Waals surface area contributed by atoms with Crippen LogP contribution in [0.15, 0.2) is 24.3 Å². The summed E-state index contributed by atoms with van der Waals surface area (Å²) in [6.45, 7) is 0.344. The predicted molar refractivity (Wildman–Crippen MR) is 163 cm³/mol. The number of hydrogen-bond acceptors (Lipinski definition) is 13. The van der Waals surface area contributed by atoms with E-state index in [9.17, 15) is 40.2 Å². The van der Waals surface area contributed by atoms with E-state index in [1.165, 1.54) is 0 Å². The molecule has 46 heavy (non-hydrogen) atoms. The Morgan fingerprint density at radius 2 is 1.28 bits per heavy atom. The highest BCUT2D eigenvalue weighted by atomic mass is 16.8. The first-order valence-electron chi connectivity index (χ1n) is 16.3. The fourth-order valence-corrected chi connectivity index (χ4v) is 5.17. The minimum atomic E-state index is -1.75. The monoisotopic (exact) mass is 662 g/mol. The van der Waals surface area contributed by atoms with Crippen LogP contribution in [0.25, 0.3) is 0 Å². The van der Waals surface area contributed by atoms with Crippen LogP contribution in [0.5, 0.6) is 0 Å². The molecular weight excluding hydrogens is 608 g/mol. The van der Waals surface area contributed by atoms with Gasteiger partial charge in [-0.3, -0.25) is 9.59 Å². The number of aliphatic hydroxyl groups is 6. The minimum Gasteiger partial charge on any atom is -0.481 e. The molecule has 2 fully saturated rings. The number of hydrogen-bond donors (Lipinski definition) is 7. The molecule has 10 atom stereocenters. The van der Waals surface area contributed by atoms with Crippen molar-refractivity contribution in [2.75, 3.05) is 19.8 Å². The minimum absolute atomic E-state index is 0.210. The van der Waals surface area contributed by atoms with Gasteiger partial charge in [-0.2, -0.15) is 0 Å². The quantitative estimate of drug-likeness (QED) is 0.0490. The van der Waals surface area contributed by atoms with Gasteiger partial charge in [0.15, 0.2) is 12.6 Å². The molecule has 0 radical (unpaired) electrons. The molecule has 0 spiro atoms. The van der Waals surface area contributed by atoms with Gasteiger partial charge in [-0.15, -0.1) is 0 Å². The lowest BCUT2D eigenvalue weighted by molar-refractivity contribution is -0.367. The van der Waals surface area contributed by atoms with Crippen molar-refractivity contribution in [1.29, 1.82) is 0 Å². The molecule has 14 nitrogen and oxygen atoms in total. The lowest BCUT2D eigenvalue weighted by Crippen LogP contribution is -2.64. The Hall–Kier alpha value is -1.98. The number of carboxylic acids is 1. The highest BCUT2D eigenvalue weighted by molar-refractivity contribution is 5.66. The molecule has 0 aromatic rings. The zero-order chi connectivity index (χ0) is 33.9. The predicted octanol–water partition coefficient (Wildman–Crippen LogP) is 1.08. The molecule has 2 aliphatic rings. The molecule has 0 aliphatic carbocycles. The third-order valence-electron chi connectivity index (χ3n) is 7.90. The second-order valence-electron chi connectivity index (χ2n) is 11.7. The largest absolute Gasteiger partial charge is 0.481 e. The van der Waals surface area contributed by atoms with Gasteiger partial charge in [0.2, 0.25) is 0 Å². The smallest absolute Gasteiger partial charge is 0.303 e. The van der Waals surface area contributed by atoms with Crippen LogP contribution in [0.2, 0.25) is 0 Å². The fraction of sp³-hybridized carbons (Fsp3) is 0.812. The number of aliphatic carboxylic acids is 1. The SMILES string of the molecule is CC(=O)OC[C@H]1O[C@@H](O[C@H]2[C@H](OCCCCC/C=C\C/C=C\CCCCCCCC(=O)O)O[C@H](CO)[C@@H](O)[C@@H]2O)[C@H](O)[C@@H](O)[C@@H]1O. The Morgan fingerprint density at radius 1 is 0.696 bits per heavy atom.